The number of carbonyl (C=O) groups is 3. The highest BCUT2D eigenvalue weighted by molar-refractivity contribution is 6.09. The largest absolute Gasteiger partial charge is 0.351 e. The van der Waals surface area contributed by atoms with E-state index in [0.29, 0.717) is 18.9 Å². The Bertz CT molecular complexity index is 508. The first-order valence-corrected chi connectivity index (χ1v) is 8.93. The van der Waals surface area contributed by atoms with Gasteiger partial charge in [-0.05, 0) is 31.1 Å². The average Bonchev–Trinajstić information content (AvgIpc) is 2.74. The van der Waals surface area contributed by atoms with Gasteiger partial charge in [-0.25, -0.2) is 4.79 Å². The van der Waals surface area contributed by atoms with Gasteiger partial charge in [-0.1, -0.05) is 33.6 Å². The molecule has 1 aliphatic carbocycles. The molecule has 24 heavy (non-hydrogen) atoms. The fourth-order valence-corrected chi connectivity index (χ4v) is 3.84. The van der Waals surface area contributed by atoms with Crippen molar-refractivity contribution in [3.05, 3.63) is 0 Å². The van der Waals surface area contributed by atoms with Crippen LogP contribution in [0.2, 0.25) is 0 Å². The maximum Gasteiger partial charge on any atom is 0.325 e. The van der Waals surface area contributed by atoms with E-state index in [9.17, 15) is 14.4 Å². The molecule has 0 aromatic heterocycles. The highest BCUT2D eigenvalue weighted by Crippen LogP contribution is 2.38. The molecular formula is C17H30N4O3. The third-order valence-electron chi connectivity index (χ3n) is 5.21. The van der Waals surface area contributed by atoms with Crippen LogP contribution in [0.5, 0.6) is 0 Å². The lowest BCUT2D eigenvalue weighted by atomic mass is 9.73. The summed E-state index contributed by atoms with van der Waals surface area (Å²) >= 11 is 0. The predicted molar refractivity (Wildman–Crippen MR) is 91.0 cm³/mol. The first-order valence-electron chi connectivity index (χ1n) is 8.93. The summed E-state index contributed by atoms with van der Waals surface area (Å²) in [6, 6.07) is -0.599. The molecule has 1 spiro atoms. The second-order valence-electron chi connectivity index (χ2n) is 7.57. The van der Waals surface area contributed by atoms with Gasteiger partial charge in [0.25, 0.3) is 5.91 Å². The first kappa shape index (κ1) is 18.7. The van der Waals surface area contributed by atoms with E-state index in [1.807, 2.05) is 6.92 Å². The van der Waals surface area contributed by atoms with E-state index in [2.05, 4.69) is 24.5 Å². The molecule has 4 amide bonds. The monoisotopic (exact) mass is 338 g/mol. The van der Waals surface area contributed by atoms with Crippen LogP contribution in [0, 0.1) is 11.8 Å². The van der Waals surface area contributed by atoms with Gasteiger partial charge in [0.1, 0.15) is 12.1 Å². The van der Waals surface area contributed by atoms with Crippen LogP contribution >= 0.6 is 0 Å². The highest BCUT2D eigenvalue weighted by atomic mass is 16.2. The average molecular weight is 338 g/mol. The molecule has 0 radical (unpaired) electrons. The van der Waals surface area contributed by atoms with E-state index in [1.165, 1.54) is 0 Å². The minimum Gasteiger partial charge on any atom is -0.351 e. The van der Waals surface area contributed by atoms with Crippen molar-refractivity contribution < 1.29 is 14.4 Å². The van der Waals surface area contributed by atoms with Crippen LogP contribution < -0.4 is 16.4 Å². The molecule has 0 aromatic rings. The predicted octanol–water partition coefficient (Wildman–Crippen LogP) is 0.977. The van der Waals surface area contributed by atoms with Crippen LogP contribution in [0.3, 0.4) is 0 Å². The van der Waals surface area contributed by atoms with Gasteiger partial charge >= 0.3 is 6.03 Å². The number of nitrogens with zero attached hydrogens (tertiary/aromatic N) is 1. The molecule has 3 unspecified atom stereocenters. The van der Waals surface area contributed by atoms with Crippen LogP contribution in [-0.4, -0.2) is 47.4 Å². The van der Waals surface area contributed by atoms with Gasteiger partial charge in [0.15, 0.2) is 0 Å². The molecule has 1 heterocycles. The summed E-state index contributed by atoms with van der Waals surface area (Å²) < 4.78 is 0. The standard InChI is InChI=1S/C17H30N4O3/c1-11(2)8-13(9-18)19-14(22)10-21-15(23)17(20-16(21)24)7-5-4-6-12(17)3/h11-13H,4-10,18H2,1-3H3,(H,19,22)(H,20,24). The van der Waals surface area contributed by atoms with Crippen LogP contribution in [-0.2, 0) is 9.59 Å². The SMILES string of the molecule is CC(C)CC(CN)NC(=O)CN1C(=O)NC2(CCCCC2C)C1=O. The molecule has 3 atom stereocenters. The van der Waals surface area contributed by atoms with Gasteiger partial charge in [-0.3, -0.25) is 14.5 Å². The van der Waals surface area contributed by atoms with Crippen LogP contribution in [0.15, 0.2) is 0 Å². The van der Waals surface area contributed by atoms with E-state index in [-0.39, 0.29) is 30.3 Å². The lowest BCUT2D eigenvalue weighted by Gasteiger charge is -2.36. The quantitative estimate of drug-likeness (QED) is 0.628. The van der Waals surface area contributed by atoms with Crippen LogP contribution in [0.4, 0.5) is 4.79 Å². The smallest absolute Gasteiger partial charge is 0.325 e. The third kappa shape index (κ3) is 3.71. The summed E-state index contributed by atoms with van der Waals surface area (Å²) in [5, 5.41) is 5.69. The Morgan fingerprint density at radius 3 is 2.71 bits per heavy atom. The van der Waals surface area contributed by atoms with E-state index in [1.54, 1.807) is 0 Å². The van der Waals surface area contributed by atoms with Crippen molar-refractivity contribution in [2.75, 3.05) is 13.1 Å². The fourth-order valence-electron chi connectivity index (χ4n) is 3.84. The van der Waals surface area contributed by atoms with Crippen LogP contribution in [0.25, 0.3) is 0 Å². The Hall–Kier alpha value is -1.63. The Labute approximate surface area is 143 Å². The molecule has 7 nitrogen and oxygen atoms in total. The number of nitrogens with two attached hydrogens (primary N) is 1. The number of nitrogens with one attached hydrogen (secondary N) is 2. The molecule has 1 aliphatic heterocycles. The van der Waals surface area contributed by atoms with E-state index in [4.69, 9.17) is 5.73 Å². The minimum absolute atomic E-state index is 0.0912. The van der Waals surface area contributed by atoms with Crippen molar-refractivity contribution in [1.82, 2.24) is 15.5 Å². The summed E-state index contributed by atoms with van der Waals surface area (Å²) in [5.41, 5.74) is 4.87. The molecule has 1 saturated carbocycles. The zero-order valence-corrected chi connectivity index (χ0v) is 14.9. The van der Waals surface area contributed by atoms with Gasteiger partial charge in [-0.15, -0.1) is 0 Å². The normalized spacial score (nSPS) is 28.4. The Kier molecular flexibility index (Phi) is 5.85. The van der Waals surface area contributed by atoms with E-state index in [0.717, 1.165) is 30.6 Å². The van der Waals surface area contributed by atoms with Gasteiger partial charge < -0.3 is 16.4 Å². The number of imide groups is 1. The molecule has 2 rings (SSSR count). The van der Waals surface area contributed by atoms with Gasteiger partial charge in [0.05, 0.1) is 0 Å². The fraction of sp³-hybridized carbons (Fsp3) is 0.824. The van der Waals surface area contributed by atoms with Crippen LogP contribution in [0.1, 0.15) is 52.9 Å². The maximum absolute atomic E-state index is 12.8. The third-order valence-corrected chi connectivity index (χ3v) is 5.21. The Morgan fingerprint density at radius 1 is 1.42 bits per heavy atom. The van der Waals surface area contributed by atoms with Crippen molar-refractivity contribution in [3.8, 4) is 0 Å². The van der Waals surface area contributed by atoms with Crippen molar-refractivity contribution in [1.29, 1.82) is 0 Å². The number of carbonyl (C=O) groups excluding carboxylic acids is 3. The highest BCUT2D eigenvalue weighted by Gasteiger charge is 2.55. The molecular weight excluding hydrogens is 308 g/mol. The molecule has 7 heteroatoms. The summed E-state index contributed by atoms with van der Waals surface area (Å²) in [6.45, 7) is 6.20. The van der Waals surface area contributed by atoms with Gasteiger partial charge in [0, 0.05) is 12.6 Å². The van der Waals surface area contributed by atoms with Crippen molar-refractivity contribution >= 4 is 17.8 Å². The Morgan fingerprint density at radius 2 is 2.12 bits per heavy atom. The number of urea groups is 1. The maximum atomic E-state index is 12.8. The molecule has 4 N–H and O–H groups in total. The van der Waals surface area contributed by atoms with Gasteiger partial charge in [-0.2, -0.15) is 0 Å². The van der Waals surface area contributed by atoms with Crippen molar-refractivity contribution in [2.45, 2.75) is 64.5 Å². The van der Waals surface area contributed by atoms with E-state index >= 15 is 0 Å². The number of amides is 4. The molecule has 136 valence electrons. The molecule has 2 aliphatic rings. The summed E-state index contributed by atoms with van der Waals surface area (Å²) in [4.78, 5) is 38.4. The second-order valence-corrected chi connectivity index (χ2v) is 7.57. The summed E-state index contributed by atoms with van der Waals surface area (Å²) in [7, 11) is 0. The lowest BCUT2D eigenvalue weighted by molar-refractivity contribution is -0.137. The van der Waals surface area contributed by atoms with Crippen molar-refractivity contribution in [2.24, 2.45) is 17.6 Å². The summed E-state index contributed by atoms with van der Waals surface area (Å²) in [5.74, 6) is -0.103. The number of rotatable bonds is 6. The molecule has 2 fully saturated rings. The first-order chi connectivity index (χ1) is 11.3. The zero-order valence-electron chi connectivity index (χ0n) is 14.9. The zero-order chi connectivity index (χ0) is 17.9. The van der Waals surface area contributed by atoms with Gasteiger partial charge in [0.2, 0.25) is 5.91 Å². The number of hydrogen-bond donors (Lipinski definition) is 3. The Balaban J connectivity index is 2.00. The number of hydrogen-bond acceptors (Lipinski definition) is 4. The van der Waals surface area contributed by atoms with Crippen molar-refractivity contribution in [3.63, 3.8) is 0 Å². The topological polar surface area (TPSA) is 105 Å². The summed E-state index contributed by atoms with van der Waals surface area (Å²) in [6.07, 6.45) is 4.31. The molecule has 0 aromatic carbocycles. The minimum atomic E-state index is -0.819. The molecule has 0 bridgehead atoms. The van der Waals surface area contributed by atoms with E-state index < -0.39 is 11.6 Å². The lowest BCUT2D eigenvalue weighted by Crippen LogP contribution is -2.54. The second kappa shape index (κ2) is 7.51. The molecule has 1 saturated heterocycles.